The average molecular weight is 427 g/mol. The highest BCUT2D eigenvalue weighted by Gasteiger charge is 2.35. The molecule has 0 saturated carbocycles. The normalized spacial score (nSPS) is 15.5. The first-order chi connectivity index (χ1) is 15.6. The zero-order valence-corrected chi connectivity index (χ0v) is 18.5. The molecule has 0 fully saturated rings. The third-order valence-corrected chi connectivity index (χ3v) is 6.32. The van der Waals surface area contributed by atoms with Crippen molar-refractivity contribution in [2.45, 2.75) is 19.4 Å². The van der Waals surface area contributed by atoms with Crippen LogP contribution in [0, 0.1) is 6.92 Å². The summed E-state index contributed by atoms with van der Waals surface area (Å²) < 4.78 is 10.8. The van der Waals surface area contributed by atoms with Gasteiger partial charge in [0, 0.05) is 28.7 Å². The van der Waals surface area contributed by atoms with Gasteiger partial charge in [0.15, 0.2) is 11.5 Å². The summed E-state index contributed by atoms with van der Waals surface area (Å²) in [6, 6.07) is 22.0. The Hall–Kier alpha value is -3.73. The van der Waals surface area contributed by atoms with E-state index in [1.807, 2.05) is 11.0 Å². The van der Waals surface area contributed by atoms with E-state index < -0.39 is 0 Å². The van der Waals surface area contributed by atoms with E-state index in [4.69, 9.17) is 9.47 Å². The van der Waals surface area contributed by atoms with Gasteiger partial charge in [0.05, 0.1) is 20.3 Å². The van der Waals surface area contributed by atoms with Gasteiger partial charge in [-0.05, 0) is 48.7 Å². The van der Waals surface area contributed by atoms with Gasteiger partial charge in [0.25, 0.3) is 5.91 Å². The molecule has 0 radical (unpaired) electrons. The number of benzene rings is 3. The summed E-state index contributed by atoms with van der Waals surface area (Å²) >= 11 is 0. The highest BCUT2D eigenvalue weighted by Crippen LogP contribution is 2.39. The summed E-state index contributed by atoms with van der Waals surface area (Å²) in [5, 5.41) is 1.23. The molecule has 1 aliphatic heterocycles. The molecular weight excluding hydrogens is 400 g/mol. The van der Waals surface area contributed by atoms with Gasteiger partial charge in [-0.1, -0.05) is 48.0 Å². The third kappa shape index (κ3) is 3.30. The van der Waals surface area contributed by atoms with Crippen LogP contribution in [0.2, 0.25) is 0 Å². The first-order valence-electron chi connectivity index (χ1n) is 10.8. The smallest absolute Gasteiger partial charge is 0.254 e. The number of aromatic amines is 1. The Bertz CT molecular complexity index is 1290. The summed E-state index contributed by atoms with van der Waals surface area (Å²) in [4.78, 5) is 19.3. The monoisotopic (exact) mass is 426 g/mol. The molecule has 162 valence electrons. The van der Waals surface area contributed by atoms with Crippen LogP contribution in [0.3, 0.4) is 0 Å². The number of carbonyl (C=O) groups excluding carboxylic acids is 1. The van der Waals surface area contributed by atoms with Crippen LogP contribution >= 0.6 is 0 Å². The number of ether oxygens (including phenoxy) is 2. The van der Waals surface area contributed by atoms with Crippen LogP contribution in [0.4, 0.5) is 0 Å². The van der Waals surface area contributed by atoms with E-state index in [9.17, 15) is 4.79 Å². The topological polar surface area (TPSA) is 54.6 Å². The van der Waals surface area contributed by atoms with Crippen molar-refractivity contribution >= 4 is 16.8 Å². The SMILES string of the molecule is COc1ccc(C(=O)N2CCc3c([nH]c4ccccc34)[C@H]2c2ccc(C)cc2)cc1OC. The molecule has 0 saturated heterocycles. The van der Waals surface area contributed by atoms with Crippen LogP contribution in [-0.4, -0.2) is 36.6 Å². The lowest BCUT2D eigenvalue weighted by Crippen LogP contribution is -2.40. The molecule has 1 atom stereocenters. The fourth-order valence-corrected chi connectivity index (χ4v) is 4.69. The molecule has 2 heterocycles. The minimum Gasteiger partial charge on any atom is -0.493 e. The summed E-state index contributed by atoms with van der Waals surface area (Å²) in [5.41, 5.74) is 6.36. The Morgan fingerprint density at radius 3 is 2.47 bits per heavy atom. The fraction of sp³-hybridized carbons (Fsp3) is 0.222. The van der Waals surface area contributed by atoms with E-state index in [1.165, 1.54) is 16.5 Å². The Labute approximate surface area is 187 Å². The molecule has 0 spiro atoms. The van der Waals surface area contributed by atoms with Gasteiger partial charge in [-0.25, -0.2) is 0 Å². The van der Waals surface area contributed by atoms with E-state index in [0.29, 0.717) is 23.6 Å². The number of aromatic nitrogens is 1. The minimum absolute atomic E-state index is 0.0270. The van der Waals surface area contributed by atoms with Crippen molar-refractivity contribution in [3.8, 4) is 11.5 Å². The van der Waals surface area contributed by atoms with E-state index in [-0.39, 0.29) is 11.9 Å². The number of para-hydroxylation sites is 1. The summed E-state index contributed by atoms with van der Waals surface area (Å²) in [6.07, 6.45) is 0.806. The number of nitrogens with zero attached hydrogens (tertiary/aromatic N) is 1. The molecule has 1 aliphatic rings. The standard InChI is InChI=1S/C27H26N2O3/c1-17-8-10-18(11-9-17)26-25-21(20-6-4-5-7-22(20)28-25)14-15-29(26)27(30)19-12-13-23(31-2)24(16-19)32-3/h4-13,16,26,28H,14-15H2,1-3H3/t26-/m1/s1. The molecule has 1 aromatic heterocycles. The molecule has 1 N–H and O–H groups in total. The number of hydrogen-bond acceptors (Lipinski definition) is 3. The number of hydrogen-bond donors (Lipinski definition) is 1. The average Bonchev–Trinajstić information content (AvgIpc) is 3.22. The highest BCUT2D eigenvalue weighted by atomic mass is 16.5. The van der Waals surface area contributed by atoms with Crippen molar-refractivity contribution in [2.24, 2.45) is 0 Å². The predicted octanol–water partition coefficient (Wildman–Crippen LogP) is 5.28. The van der Waals surface area contributed by atoms with E-state index in [2.05, 4.69) is 54.4 Å². The molecule has 1 amide bonds. The van der Waals surface area contributed by atoms with Crippen LogP contribution in [0.15, 0.2) is 66.7 Å². The minimum atomic E-state index is -0.188. The van der Waals surface area contributed by atoms with Gasteiger partial charge in [0.2, 0.25) is 0 Å². The van der Waals surface area contributed by atoms with E-state index in [0.717, 1.165) is 23.2 Å². The molecule has 32 heavy (non-hydrogen) atoms. The van der Waals surface area contributed by atoms with Gasteiger partial charge in [0.1, 0.15) is 0 Å². The van der Waals surface area contributed by atoms with E-state index in [1.54, 1.807) is 32.4 Å². The predicted molar refractivity (Wildman–Crippen MR) is 126 cm³/mol. The van der Waals surface area contributed by atoms with Crippen molar-refractivity contribution < 1.29 is 14.3 Å². The number of carbonyl (C=O) groups is 1. The quantitative estimate of drug-likeness (QED) is 0.483. The van der Waals surface area contributed by atoms with Crippen molar-refractivity contribution in [3.63, 3.8) is 0 Å². The molecule has 0 bridgehead atoms. The van der Waals surface area contributed by atoms with Crippen LogP contribution in [0.25, 0.3) is 10.9 Å². The largest absolute Gasteiger partial charge is 0.493 e. The van der Waals surface area contributed by atoms with Crippen LogP contribution < -0.4 is 9.47 Å². The zero-order valence-electron chi connectivity index (χ0n) is 18.5. The summed E-state index contributed by atoms with van der Waals surface area (Å²) in [5.74, 6) is 1.13. The first-order valence-corrected chi connectivity index (χ1v) is 10.8. The lowest BCUT2D eigenvalue weighted by Gasteiger charge is -2.36. The number of rotatable bonds is 4. The Kier molecular flexibility index (Phi) is 5.10. The Morgan fingerprint density at radius 2 is 1.72 bits per heavy atom. The maximum Gasteiger partial charge on any atom is 0.254 e. The van der Waals surface area contributed by atoms with Crippen molar-refractivity contribution in [3.05, 3.63) is 94.7 Å². The molecule has 4 aromatic rings. The molecule has 5 nitrogen and oxygen atoms in total. The fourth-order valence-electron chi connectivity index (χ4n) is 4.69. The number of H-pyrrole nitrogens is 1. The number of aryl methyl sites for hydroxylation is 1. The Balaban J connectivity index is 1.62. The molecule has 0 aliphatic carbocycles. The lowest BCUT2D eigenvalue weighted by molar-refractivity contribution is 0.0691. The first kappa shape index (κ1) is 20.2. The zero-order chi connectivity index (χ0) is 22.2. The lowest BCUT2D eigenvalue weighted by atomic mass is 9.91. The van der Waals surface area contributed by atoms with Gasteiger partial charge < -0.3 is 19.4 Å². The highest BCUT2D eigenvalue weighted by molar-refractivity contribution is 5.96. The Morgan fingerprint density at radius 1 is 0.969 bits per heavy atom. The summed E-state index contributed by atoms with van der Waals surface area (Å²) in [7, 11) is 3.17. The summed E-state index contributed by atoms with van der Waals surface area (Å²) in [6.45, 7) is 2.71. The van der Waals surface area contributed by atoms with E-state index >= 15 is 0 Å². The molecule has 3 aromatic carbocycles. The number of nitrogens with one attached hydrogen (secondary N) is 1. The molecule has 0 unspecified atom stereocenters. The van der Waals surface area contributed by atoms with Crippen molar-refractivity contribution in [1.29, 1.82) is 0 Å². The second-order valence-electron chi connectivity index (χ2n) is 8.19. The maximum absolute atomic E-state index is 13.8. The number of fused-ring (bicyclic) bond motifs is 3. The molecule has 5 heteroatoms. The van der Waals surface area contributed by atoms with Crippen molar-refractivity contribution in [1.82, 2.24) is 9.88 Å². The second kappa shape index (κ2) is 8.08. The van der Waals surface area contributed by atoms with Gasteiger partial charge in [-0.2, -0.15) is 0 Å². The third-order valence-electron chi connectivity index (χ3n) is 6.32. The van der Waals surface area contributed by atoms with Crippen LogP contribution in [0.1, 0.15) is 38.8 Å². The van der Waals surface area contributed by atoms with Gasteiger partial charge >= 0.3 is 0 Å². The van der Waals surface area contributed by atoms with Gasteiger partial charge in [-0.15, -0.1) is 0 Å². The molecule has 5 rings (SSSR count). The molecular formula is C27H26N2O3. The number of amides is 1. The number of methoxy groups -OCH3 is 2. The van der Waals surface area contributed by atoms with Gasteiger partial charge in [-0.3, -0.25) is 4.79 Å². The van der Waals surface area contributed by atoms with Crippen LogP contribution in [-0.2, 0) is 6.42 Å². The van der Waals surface area contributed by atoms with Crippen molar-refractivity contribution in [2.75, 3.05) is 20.8 Å². The maximum atomic E-state index is 13.8. The second-order valence-corrected chi connectivity index (χ2v) is 8.19. The van der Waals surface area contributed by atoms with Crippen LogP contribution in [0.5, 0.6) is 11.5 Å².